The van der Waals surface area contributed by atoms with Crippen molar-refractivity contribution in [1.29, 1.82) is 0 Å². The van der Waals surface area contributed by atoms with E-state index in [9.17, 15) is 40.5 Å². The SMILES string of the molecule is CC/C=C\C/C=C\C/C=C\CCCCCCCC(=O)OC(COCCCCCCCCCCCCCCCCCCCCCCC)COC1OC(COC2OC(CO)C(O)C(O)C2O)C(O)C(O)C1O. The van der Waals surface area contributed by atoms with E-state index in [1.807, 2.05) is 0 Å². The Kier molecular flexibility index (Phi) is 40.1. The molecule has 0 spiro atoms. The van der Waals surface area contributed by atoms with Crippen molar-refractivity contribution in [3.63, 3.8) is 0 Å². The van der Waals surface area contributed by atoms with Crippen molar-refractivity contribution in [2.45, 2.75) is 280 Å². The van der Waals surface area contributed by atoms with Crippen LogP contribution in [0.1, 0.15) is 213 Å². The van der Waals surface area contributed by atoms with Crippen LogP contribution >= 0.6 is 0 Å². The van der Waals surface area contributed by atoms with Gasteiger partial charge in [-0.3, -0.25) is 4.79 Å². The van der Waals surface area contributed by atoms with E-state index in [0.29, 0.717) is 13.0 Å². The van der Waals surface area contributed by atoms with E-state index in [2.05, 4.69) is 50.3 Å². The van der Waals surface area contributed by atoms with E-state index >= 15 is 0 Å². The van der Waals surface area contributed by atoms with Gasteiger partial charge in [-0.2, -0.15) is 0 Å². The van der Waals surface area contributed by atoms with Crippen LogP contribution in [0.5, 0.6) is 0 Å². The molecule has 2 heterocycles. The minimum atomic E-state index is -1.71. The number of rotatable bonds is 45. The Hall–Kier alpha value is -1.79. The van der Waals surface area contributed by atoms with Crippen LogP contribution in [-0.2, 0) is 33.2 Å². The highest BCUT2D eigenvalue weighted by atomic mass is 16.7. The first-order valence-corrected chi connectivity index (χ1v) is 28.1. The van der Waals surface area contributed by atoms with Crippen LogP contribution in [0, 0.1) is 0 Å². The monoisotopic (exact) mass is 999 g/mol. The number of aliphatic hydroxyl groups excluding tert-OH is 7. The number of hydrogen-bond acceptors (Lipinski definition) is 14. The minimum absolute atomic E-state index is 0.0573. The molecule has 2 aliphatic heterocycles. The Morgan fingerprint density at radius 1 is 0.486 bits per heavy atom. The Balaban J connectivity index is 1.72. The van der Waals surface area contributed by atoms with Crippen molar-refractivity contribution < 1.29 is 69.0 Å². The largest absolute Gasteiger partial charge is 0.457 e. The van der Waals surface area contributed by atoms with E-state index in [1.165, 1.54) is 116 Å². The lowest BCUT2D eigenvalue weighted by atomic mass is 9.98. The molecule has 0 aromatic heterocycles. The van der Waals surface area contributed by atoms with Crippen LogP contribution in [0.4, 0.5) is 0 Å². The summed E-state index contributed by atoms with van der Waals surface area (Å²) in [5, 5.41) is 72.2. The summed E-state index contributed by atoms with van der Waals surface area (Å²) < 4.78 is 34.3. The van der Waals surface area contributed by atoms with Crippen molar-refractivity contribution >= 4 is 5.97 Å². The number of hydrogen-bond donors (Lipinski definition) is 7. The molecular weight excluding hydrogens is 897 g/mol. The lowest BCUT2D eigenvalue weighted by Crippen LogP contribution is -2.61. The van der Waals surface area contributed by atoms with Crippen LogP contribution in [0.2, 0.25) is 0 Å². The average molecular weight is 999 g/mol. The van der Waals surface area contributed by atoms with Gasteiger partial charge in [-0.1, -0.05) is 198 Å². The number of aliphatic hydroxyl groups is 7. The van der Waals surface area contributed by atoms with Gasteiger partial charge in [0.2, 0.25) is 0 Å². The number of carbonyl (C=O) groups is 1. The van der Waals surface area contributed by atoms with Crippen LogP contribution in [0.25, 0.3) is 0 Å². The molecule has 0 saturated carbocycles. The molecule has 410 valence electrons. The summed E-state index contributed by atoms with van der Waals surface area (Å²) in [6, 6.07) is 0. The Morgan fingerprint density at radius 2 is 0.929 bits per heavy atom. The molecule has 11 atom stereocenters. The molecule has 0 bridgehead atoms. The molecule has 0 amide bonds. The van der Waals surface area contributed by atoms with Gasteiger partial charge in [-0.25, -0.2) is 0 Å². The van der Waals surface area contributed by atoms with E-state index < -0.39 is 80.7 Å². The summed E-state index contributed by atoms with van der Waals surface area (Å²) in [5.74, 6) is -0.390. The normalized spacial score (nSPS) is 25.7. The van der Waals surface area contributed by atoms with Crippen LogP contribution in [0.3, 0.4) is 0 Å². The van der Waals surface area contributed by atoms with Crippen molar-refractivity contribution in [3.05, 3.63) is 36.5 Å². The fourth-order valence-corrected chi connectivity index (χ4v) is 8.89. The predicted molar refractivity (Wildman–Crippen MR) is 275 cm³/mol. The van der Waals surface area contributed by atoms with Gasteiger partial charge in [-0.05, 0) is 44.9 Å². The maximum atomic E-state index is 13.0. The van der Waals surface area contributed by atoms with Crippen molar-refractivity contribution in [2.75, 3.05) is 33.0 Å². The number of esters is 1. The molecule has 7 N–H and O–H groups in total. The minimum Gasteiger partial charge on any atom is -0.457 e. The van der Waals surface area contributed by atoms with E-state index in [4.69, 9.17) is 28.4 Å². The molecule has 14 heteroatoms. The Labute approximate surface area is 423 Å². The summed E-state index contributed by atoms with van der Waals surface area (Å²) in [6.45, 7) is 3.59. The summed E-state index contributed by atoms with van der Waals surface area (Å²) >= 11 is 0. The molecule has 2 fully saturated rings. The van der Waals surface area contributed by atoms with Crippen molar-refractivity contribution in [2.24, 2.45) is 0 Å². The van der Waals surface area contributed by atoms with Gasteiger partial charge in [0, 0.05) is 13.0 Å². The third-order valence-corrected chi connectivity index (χ3v) is 13.4. The zero-order chi connectivity index (χ0) is 50.9. The number of unbranched alkanes of at least 4 members (excludes halogenated alkanes) is 25. The molecule has 2 aliphatic rings. The molecule has 0 radical (unpaired) electrons. The van der Waals surface area contributed by atoms with Gasteiger partial charge in [0.05, 0.1) is 26.4 Å². The first-order chi connectivity index (χ1) is 34.1. The second-order valence-electron chi connectivity index (χ2n) is 19.7. The van der Waals surface area contributed by atoms with Gasteiger partial charge in [-0.15, -0.1) is 0 Å². The fraction of sp³-hybridized carbons (Fsp3) is 0.875. The molecule has 0 aromatic carbocycles. The second kappa shape index (κ2) is 43.6. The van der Waals surface area contributed by atoms with E-state index in [0.717, 1.165) is 70.6 Å². The summed E-state index contributed by atoms with van der Waals surface area (Å²) in [4.78, 5) is 13.0. The van der Waals surface area contributed by atoms with E-state index in [-0.39, 0.29) is 25.6 Å². The van der Waals surface area contributed by atoms with Gasteiger partial charge in [0.1, 0.15) is 54.9 Å². The number of allylic oxidation sites excluding steroid dienone is 6. The molecule has 14 nitrogen and oxygen atoms in total. The Morgan fingerprint density at radius 3 is 1.46 bits per heavy atom. The van der Waals surface area contributed by atoms with Crippen LogP contribution in [0.15, 0.2) is 36.5 Å². The van der Waals surface area contributed by atoms with E-state index in [1.54, 1.807) is 0 Å². The van der Waals surface area contributed by atoms with Crippen molar-refractivity contribution in [3.8, 4) is 0 Å². The third kappa shape index (κ3) is 30.4. The molecule has 2 saturated heterocycles. The maximum absolute atomic E-state index is 13.0. The third-order valence-electron chi connectivity index (χ3n) is 13.4. The lowest BCUT2D eigenvalue weighted by Gasteiger charge is -2.42. The zero-order valence-electron chi connectivity index (χ0n) is 43.8. The number of ether oxygens (including phenoxy) is 6. The van der Waals surface area contributed by atoms with Gasteiger partial charge >= 0.3 is 5.97 Å². The smallest absolute Gasteiger partial charge is 0.306 e. The summed E-state index contributed by atoms with van der Waals surface area (Å²) in [5.41, 5.74) is 0. The second-order valence-corrected chi connectivity index (χ2v) is 19.7. The summed E-state index contributed by atoms with van der Waals surface area (Å²) in [6.07, 6.45) is 33.5. The fourth-order valence-electron chi connectivity index (χ4n) is 8.89. The molecule has 70 heavy (non-hydrogen) atoms. The summed E-state index contributed by atoms with van der Waals surface area (Å²) in [7, 11) is 0. The van der Waals surface area contributed by atoms with Crippen LogP contribution in [-0.4, -0.2) is 142 Å². The Bertz CT molecular complexity index is 1300. The molecular formula is C56H102O14. The molecule has 11 unspecified atom stereocenters. The highest BCUT2D eigenvalue weighted by molar-refractivity contribution is 5.69. The maximum Gasteiger partial charge on any atom is 0.306 e. The first-order valence-electron chi connectivity index (χ1n) is 28.1. The van der Waals surface area contributed by atoms with Crippen molar-refractivity contribution in [1.82, 2.24) is 0 Å². The first kappa shape index (κ1) is 64.3. The van der Waals surface area contributed by atoms with Gasteiger partial charge in [0.25, 0.3) is 0 Å². The quantitative estimate of drug-likeness (QED) is 0.0172. The lowest BCUT2D eigenvalue weighted by molar-refractivity contribution is -0.332. The van der Waals surface area contributed by atoms with Gasteiger partial charge < -0.3 is 64.2 Å². The molecule has 2 rings (SSSR count). The van der Waals surface area contributed by atoms with Crippen LogP contribution < -0.4 is 0 Å². The average Bonchev–Trinajstić information content (AvgIpc) is 3.36. The molecule has 0 aliphatic carbocycles. The highest BCUT2D eigenvalue weighted by Gasteiger charge is 2.47. The topological polar surface area (TPSA) is 214 Å². The highest BCUT2D eigenvalue weighted by Crippen LogP contribution is 2.27. The zero-order valence-corrected chi connectivity index (χ0v) is 43.8. The molecule has 0 aromatic rings. The number of carbonyl (C=O) groups excluding carboxylic acids is 1. The predicted octanol–water partition coefficient (Wildman–Crippen LogP) is 9.36. The van der Waals surface area contributed by atoms with Gasteiger partial charge in [0.15, 0.2) is 12.6 Å². The standard InChI is InChI=1S/C56H102O14/c1-3-5-7-9-11-13-15-17-19-20-21-22-23-24-26-28-30-32-34-36-38-40-65-42-45(68-48(58)39-37-35-33-31-29-27-25-18-16-14-12-10-8-6-4-2)43-66-55-54(64)52(62)50(60)47(70-55)44-67-56-53(63)51(61)49(59)46(41-57)69-56/h6,8,12,14,18,25,45-47,49-57,59-64H,3-5,7,9-11,13,15-17,19-24,26-44H2,1-2H3/b8-6-,14-12-,25-18-.